The standard InChI is InChI=1S/C16H22BrN3O2/c17-15-4-2-14(3-5-15)6-8-19-16(21)18-7-1-9-20-10-12-22-13-11-20/h2-6,8H,1,7,9-13H2,(H2,18,19,21)/b8-6+. The van der Waals surface area contributed by atoms with Gasteiger partial charge in [0.05, 0.1) is 13.2 Å². The number of benzene rings is 1. The molecule has 1 aliphatic rings. The van der Waals surface area contributed by atoms with Gasteiger partial charge in [-0.05, 0) is 36.7 Å². The van der Waals surface area contributed by atoms with Crippen LogP contribution in [0.3, 0.4) is 0 Å². The third kappa shape index (κ3) is 6.60. The molecule has 1 aliphatic heterocycles. The zero-order chi connectivity index (χ0) is 15.6. The molecule has 0 spiro atoms. The molecular weight excluding hydrogens is 346 g/mol. The summed E-state index contributed by atoms with van der Waals surface area (Å²) >= 11 is 3.39. The maximum atomic E-state index is 11.6. The van der Waals surface area contributed by atoms with Crippen LogP contribution in [0, 0.1) is 0 Å². The normalized spacial score (nSPS) is 15.9. The number of carbonyl (C=O) groups is 1. The smallest absolute Gasteiger partial charge is 0.318 e. The summed E-state index contributed by atoms with van der Waals surface area (Å²) in [4.78, 5) is 14.0. The Morgan fingerprint density at radius 2 is 2.00 bits per heavy atom. The Balaban J connectivity index is 1.56. The van der Waals surface area contributed by atoms with Crippen molar-refractivity contribution in [2.24, 2.45) is 0 Å². The molecule has 1 fully saturated rings. The molecule has 0 unspecified atom stereocenters. The number of rotatable bonds is 6. The van der Waals surface area contributed by atoms with E-state index in [0.717, 1.165) is 49.3 Å². The summed E-state index contributed by atoms with van der Waals surface area (Å²) in [6, 6.07) is 7.71. The van der Waals surface area contributed by atoms with E-state index >= 15 is 0 Å². The van der Waals surface area contributed by atoms with E-state index in [1.807, 2.05) is 30.3 Å². The van der Waals surface area contributed by atoms with Crippen LogP contribution in [0.5, 0.6) is 0 Å². The lowest BCUT2D eigenvalue weighted by Crippen LogP contribution is -2.39. The van der Waals surface area contributed by atoms with E-state index in [2.05, 4.69) is 31.5 Å². The summed E-state index contributed by atoms with van der Waals surface area (Å²) in [6.45, 7) is 5.28. The Kier molecular flexibility index (Phi) is 7.42. The third-order valence-electron chi connectivity index (χ3n) is 3.40. The van der Waals surface area contributed by atoms with Crippen molar-refractivity contribution >= 4 is 28.0 Å². The van der Waals surface area contributed by atoms with Crippen LogP contribution in [0.25, 0.3) is 6.08 Å². The Morgan fingerprint density at radius 1 is 1.27 bits per heavy atom. The molecule has 1 aromatic carbocycles. The second kappa shape index (κ2) is 9.61. The average molecular weight is 368 g/mol. The average Bonchev–Trinajstić information content (AvgIpc) is 2.54. The van der Waals surface area contributed by atoms with Crippen LogP contribution in [-0.2, 0) is 4.74 Å². The van der Waals surface area contributed by atoms with Gasteiger partial charge in [-0.15, -0.1) is 0 Å². The first-order valence-electron chi connectivity index (χ1n) is 7.50. The van der Waals surface area contributed by atoms with Crippen molar-refractivity contribution in [3.8, 4) is 0 Å². The summed E-state index contributed by atoms with van der Waals surface area (Å²) in [5.74, 6) is 0. The predicted octanol–water partition coefficient (Wildman–Crippen LogP) is 2.44. The quantitative estimate of drug-likeness (QED) is 0.759. The lowest BCUT2D eigenvalue weighted by atomic mass is 10.2. The molecule has 1 heterocycles. The highest BCUT2D eigenvalue weighted by Crippen LogP contribution is 2.11. The fourth-order valence-corrected chi connectivity index (χ4v) is 2.43. The highest BCUT2D eigenvalue weighted by Gasteiger charge is 2.09. The molecule has 6 heteroatoms. The first kappa shape index (κ1) is 17.0. The highest BCUT2D eigenvalue weighted by molar-refractivity contribution is 9.10. The van der Waals surface area contributed by atoms with Gasteiger partial charge in [0.1, 0.15) is 0 Å². The van der Waals surface area contributed by atoms with E-state index in [1.165, 1.54) is 0 Å². The van der Waals surface area contributed by atoms with Crippen molar-refractivity contribution in [3.05, 3.63) is 40.5 Å². The summed E-state index contributed by atoms with van der Waals surface area (Å²) in [5.41, 5.74) is 1.04. The SMILES string of the molecule is O=C(N/C=C/c1ccc(Br)cc1)NCCCN1CCOCC1. The largest absolute Gasteiger partial charge is 0.379 e. The van der Waals surface area contributed by atoms with E-state index in [1.54, 1.807) is 6.20 Å². The molecule has 0 aromatic heterocycles. The number of halogens is 1. The van der Waals surface area contributed by atoms with Crippen LogP contribution in [0.1, 0.15) is 12.0 Å². The van der Waals surface area contributed by atoms with Gasteiger partial charge in [-0.3, -0.25) is 4.90 Å². The summed E-state index contributed by atoms with van der Waals surface area (Å²) < 4.78 is 6.34. The van der Waals surface area contributed by atoms with Crippen molar-refractivity contribution < 1.29 is 9.53 Å². The monoisotopic (exact) mass is 367 g/mol. The highest BCUT2D eigenvalue weighted by atomic mass is 79.9. The zero-order valence-electron chi connectivity index (χ0n) is 12.6. The van der Waals surface area contributed by atoms with Gasteiger partial charge in [0.25, 0.3) is 0 Å². The van der Waals surface area contributed by atoms with Crippen molar-refractivity contribution in [2.75, 3.05) is 39.4 Å². The molecule has 0 aliphatic carbocycles. The number of nitrogens with one attached hydrogen (secondary N) is 2. The number of hydrogen-bond donors (Lipinski definition) is 2. The fourth-order valence-electron chi connectivity index (χ4n) is 2.17. The Bertz CT molecular complexity index is 485. The van der Waals surface area contributed by atoms with Gasteiger partial charge >= 0.3 is 6.03 Å². The minimum Gasteiger partial charge on any atom is -0.379 e. The Labute approximate surface area is 139 Å². The van der Waals surface area contributed by atoms with E-state index in [9.17, 15) is 4.79 Å². The van der Waals surface area contributed by atoms with E-state index in [4.69, 9.17) is 4.74 Å². The minimum atomic E-state index is -0.171. The van der Waals surface area contributed by atoms with Gasteiger partial charge in [-0.2, -0.15) is 0 Å². The summed E-state index contributed by atoms with van der Waals surface area (Å²) in [6.07, 6.45) is 4.46. The van der Waals surface area contributed by atoms with Crippen LogP contribution in [0.2, 0.25) is 0 Å². The lowest BCUT2D eigenvalue weighted by Gasteiger charge is -2.26. The number of morpholine rings is 1. The molecule has 2 rings (SSSR count). The van der Waals surface area contributed by atoms with Crippen LogP contribution >= 0.6 is 15.9 Å². The van der Waals surface area contributed by atoms with Crippen LogP contribution in [-0.4, -0.2) is 50.3 Å². The number of hydrogen-bond acceptors (Lipinski definition) is 3. The molecule has 0 bridgehead atoms. The molecule has 22 heavy (non-hydrogen) atoms. The van der Waals surface area contributed by atoms with Crippen LogP contribution in [0.15, 0.2) is 34.9 Å². The zero-order valence-corrected chi connectivity index (χ0v) is 14.1. The molecule has 2 N–H and O–H groups in total. The topological polar surface area (TPSA) is 53.6 Å². The molecular formula is C16H22BrN3O2. The number of amides is 2. The molecule has 2 amide bonds. The van der Waals surface area contributed by atoms with Gasteiger partial charge in [0, 0.05) is 30.3 Å². The van der Waals surface area contributed by atoms with Crippen molar-refractivity contribution in [1.29, 1.82) is 0 Å². The molecule has 0 radical (unpaired) electrons. The van der Waals surface area contributed by atoms with Gasteiger partial charge in [-0.25, -0.2) is 4.79 Å². The maximum absolute atomic E-state index is 11.6. The van der Waals surface area contributed by atoms with Gasteiger partial charge in [-0.1, -0.05) is 28.1 Å². The number of carbonyl (C=O) groups excluding carboxylic acids is 1. The van der Waals surface area contributed by atoms with Crippen molar-refractivity contribution in [3.63, 3.8) is 0 Å². The predicted molar refractivity (Wildman–Crippen MR) is 91.6 cm³/mol. The first-order chi connectivity index (χ1) is 10.7. The first-order valence-corrected chi connectivity index (χ1v) is 8.30. The third-order valence-corrected chi connectivity index (χ3v) is 3.93. The van der Waals surface area contributed by atoms with Crippen LogP contribution < -0.4 is 10.6 Å². The minimum absolute atomic E-state index is 0.171. The molecule has 0 atom stereocenters. The Hall–Kier alpha value is -1.37. The number of urea groups is 1. The second-order valence-corrected chi connectivity index (χ2v) is 6.01. The Morgan fingerprint density at radius 3 is 2.73 bits per heavy atom. The molecule has 1 aromatic rings. The molecule has 0 saturated carbocycles. The van der Waals surface area contributed by atoms with E-state index < -0.39 is 0 Å². The number of ether oxygens (including phenoxy) is 1. The molecule has 1 saturated heterocycles. The maximum Gasteiger partial charge on any atom is 0.318 e. The summed E-state index contributed by atoms with van der Waals surface area (Å²) in [5, 5.41) is 5.56. The molecule has 120 valence electrons. The van der Waals surface area contributed by atoms with Crippen molar-refractivity contribution in [2.45, 2.75) is 6.42 Å². The van der Waals surface area contributed by atoms with E-state index in [-0.39, 0.29) is 6.03 Å². The van der Waals surface area contributed by atoms with Crippen LogP contribution in [0.4, 0.5) is 4.79 Å². The van der Waals surface area contributed by atoms with Gasteiger partial charge in [0.15, 0.2) is 0 Å². The van der Waals surface area contributed by atoms with E-state index in [0.29, 0.717) is 6.54 Å². The lowest BCUT2D eigenvalue weighted by molar-refractivity contribution is 0.0375. The van der Waals surface area contributed by atoms with Gasteiger partial charge < -0.3 is 15.4 Å². The second-order valence-electron chi connectivity index (χ2n) is 5.09. The number of nitrogens with zero attached hydrogens (tertiary/aromatic N) is 1. The van der Waals surface area contributed by atoms with Gasteiger partial charge in [0.2, 0.25) is 0 Å². The molecule has 5 nitrogen and oxygen atoms in total. The van der Waals surface area contributed by atoms with Crippen molar-refractivity contribution in [1.82, 2.24) is 15.5 Å². The fraction of sp³-hybridized carbons (Fsp3) is 0.438. The summed E-state index contributed by atoms with van der Waals surface area (Å²) in [7, 11) is 0.